The van der Waals surface area contributed by atoms with Crippen molar-refractivity contribution in [2.45, 2.75) is 13.0 Å². The number of carbonyl (C=O) groups excluding carboxylic acids is 1. The van der Waals surface area contributed by atoms with Gasteiger partial charge < -0.3 is 5.32 Å². The Balaban J connectivity index is 1.79. The molecule has 0 spiro atoms. The zero-order chi connectivity index (χ0) is 13.2. The van der Waals surface area contributed by atoms with Crippen LogP contribution in [0.2, 0.25) is 0 Å². The molecular formula is C13H12N4OS. The number of thiazole rings is 1. The maximum Gasteiger partial charge on any atom is 0.250 e. The number of anilines is 1. The lowest BCUT2D eigenvalue weighted by Gasteiger charge is -2.10. The van der Waals surface area contributed by atoms with Crippen molar-refractivity contribution in [2.75, 3.05) is 5.32 Å². The number of aromatic nitrogens is 3. The predicted molar refractivity (Wildman–Crippen MR) is 75.2 cm³/mol. The first-order valence-electron chi connectivity index (χ1n) is 5.89. The molecule has 0 unspecified atom stereocenters. The summed E-state index contributed by atoms with van der Waals surface area (Å²) in [5.41, 5.74) is 0.898. The minimum atomic E-state index is -0.359. The molecule has 6 heteroatoms. The van der Waals surface area contributed by atoms with Crippen LogP contribution in [0.1, 0.15) is 13.0 Å². The van der Waals surface area contributed by atoms with Gasteiger partial charge in [0, 0.05) is 12.4 Å². The van der Waals surface area contributed by atoms with E-state index in [1.165, 1.54) is 11.3 Å². The number of benzene rings is 1. The Bertz CT molecular complexity index is 671. The molecule has 0 fully saturated rings. The summed E-state index contributed by atoms with van der Waals surface area (Å²) in [5, 5.41) is 7.50. The van der Waals surface area contributed by atoms with E-state index in [-0.39, 0.29) is 11.9 Å². The number of hydrogen-bond acceptors (Lipinski definition) is 4. The van der Waals surface area contributed by atoms with Gasteiger partial charge in [0.25, 0.3) is 5.91 Å². The Kier molecular flexibility index (Phi) is 3.00. The zero-order valence-corrected chi connectivity index (χ0v) is 11.1. The smallest absolute Gasteiger partial charge is 0.250 e. The van der Waals surface area contributed by atoms with Crippen LogP contribution in [0.3, 0.4) is 0 Å². The molecule has 0 aliphatic carbocycles. The van der Waals surface area contributed by atoms with Gasteiger partial charge in [0.1, 0.15) is 6.04 Å². The number of amides is 1. The van der Waals surface area contributed by atoms with Crippen LogP contribution in [0.4, 0.5) is 5.13 Å². The van der Waals surface area contributed by atoms with Gasteiger partial charge in [-0.1, -0.05) is 23.5 Å². The van der Waals surface area contributed by atoms with Crippen molar-refractivity contribution in [1.82, 2.24) is 14.8 Å². The van der Waals surface area contributed by atoms with Crippen molar-refractivity contribution in [3.05, 3.63) is 42.7 Å². The quantitative estimate of drug-likeness (QED) is 0.797. The molecule has 0 saturated carbocycles. The first-order chi connectivity index (χ1) is 9.24. The Hall–Kier alpha value is -2.21. The fraction of sp³-hybridized carbons (Fsp3) is 0.154. The standard InChI is InChI=1S/C13H12N4OS/c1-9(17-8-4-7-14-17)12(18)16-13-15-10-5-2-3-6-11(10)19-13/h2-9H,1H3,(H,15,16,18)/t9-/m1/s1. The monoisotopic (exact) mass is 272 g/mol. The Labute approximate surface area is 113 Å². The molecule has 0 aliphatic heterocycles. The lowest BCUT2D eigenvalue weighted by molar-refractivity contribution is -0.119. The maximum absolute atomic E-state index is 12.1. The van der Waals surface area contributed by atoms with Crippen molar-refractivity contribution in [3.63, 3.8) is 0 Å². The van der Waals surface area contributed by atoms with Gasteiger partial charge in [0.2, 0.25) is 0 Å². The van der Waals surface area contributed by atoms with Crippen LogP contribution in [0.15, 0.2) is 42.7 Å². The van der Waals surface area contributed by atoms with Crippen molar-refractivity contribution >= 4 is 32.6 Å². The third kappa shape index (κ3) is 2.34. The number of rotatable bonds is 3. The summed E-state index contributed by atoms with van der Waals surface area (Å²) in [6, 6.07) is 9.24. The van der Waals surface area contributed by atoms with Crippen LogP contribution < -0.4 is 5.32 Å². The molecule has 19 heavy (non-hydrogen) atoms. The first-order valence-corrected chi connectivity index (χ1v) is 6.71. The average molecular weight is 272 g/mol. The summed E-state index contributed by atoms with van der Waals surface area (Å²) in [6.07, 6.45) is 3.42. The van der Waals surface area contributed by atoms with E-state index < -0.39 is 0 Å². The Morgan fingerprint density at radius 3 is 2.95 bits per heavy atom. The van der Waals surface area contributed by atoms with Crippen LogP contribution in [-0.2, 0) is 4.79 Å². The molecule has 2 aromatic heterocycles. The zero-order valence-electron chi connectivity index (χ0n) is 10.3. The van der Waals surface area contributed by atoms with Gasteiger partial charge >= 0.3 is 0 Å². The average Bonchev–Trinajstić information content (AvgIpc) is 3.06. The number of nitrogens with zero attached hydrogens (tertiary/aromatic N) is 3. The normalized spacial score (nSPS) is 12.5. The number of carbonyl (C=O) groups is 1. The highest BCUT2D eigenvalue weighted by molar-refractivity contribution is 7.22. The van der Waals surface area contributed by atoms with Gasteiger partial charge in [-0.3, -0.25) is 9.48 Å². The maximum atomic E-state index is 12.1. The SMILES string of the molecule is C[C@H](C(=O)Nc1nc2ccccc2s1)n1cccn1. The van der Waals surface area contributed by atoms with Crippen LogP contribution in [0, 0.1) is 0 Å². The second-order valence-corrected chi connectivity index (χ2v) is 5.17. The molecule has 1 atom stereocenters. The van der Waals surface area contributed by atoms with E-state index in [1.54, 1.807) is 30.1 Å². The van der Waals surface area contributed by atoms with Gasteiger partial charge in [-0.05, 0) is 25.1 Å². The highest BCUT2D eigenvalue weighted by Crippen LogP contribution is 2.25. The van der Waals surface area contributed by atoms with Crippen molar-refractivity contribution in [3.8, 4) is 0 Å². The molecule has 0 aliphatic rings. The number of hydrogen-bond donors (Lipinski definition) is 1. The van der Waals surface area contributed by atoms with Crippen LogP contribution in [-0.4, -0.2) is 20.7 Å². The summed E-state index contributed by atoms with van der Waals surface area (Å²) in [4.78, 5) is 16.5. The van der Waals surface area contributed by atoms with E-state index in [2.05, 4.69) is 15.4 Å². The third-order valence-electron chi connectivity index (χ3n) is 2.83. The summed E-state index contributed by atoms with van der Waals surface area (Å²) >= 11 is 1.47. The Morgan fingerprint density at radius 1 is 1.37 bits per heavy atom. The number of nitrogens with one attached hydrogen (secondary N) is 1. The highest BCUT2D eigenvalue weighted by Gasteiger charge is 2.16. The number of para-hydroxylation sites is 1. The molecule has 0 radical (unpaired) electrons. The molecule has 5 nitrogen and oxygen atoms in total. The van der Waals surface area contributed by atoms with Gasteiger partial charge in [-0.2, -0.15) is 5.10 Å². The summed E-state index contributed by atoms with van der Waals surface area (Å²) in [5.74, 6) is -0.122. The minimum absolute atomic E-state index is 0.122. The van der Waals surface area contributed by atoms with Gasteiger partial charge in [0.15, 0.2) is 5.13 Å². The van der Waals surface area contributed by atoms with E-state index in [4.69, 9.17) is 0 Å². The highest BCUT2D eigenvalue weighted by atomic mass is 32.1. The second kappa shape index (κ2) is 4.81. The van der Waals surface area contributed by atoms with Crippen molar-refractivity contribution in [2.24, 2.45) is 0 Å². The van der Waals surface area contributed by atoms with E-state index in [0.717, 1.165) is 10.2 Å². The molecule has 3 rings (SSSR count). The largest absolute Gasteiger partial charge is 0.300 e. The molecule has 3 aromatic rings. The topological polar surface area (TPSA) is 59.8 Å². The third-order valence-corrected chi connectivity index (χ3v) is 3.78. The molecule has 0 bridgehead atoms. The molecule has 1 N–H and O–H groups in total. The van der Waals surface area contributed by atoms with Gasteiger partial charge in [0.05, 0.1) is 10.2 Å². The molecular weight excluding hydrogens is 260 g/mol. The second-order valence-electron chi connectivity index (χ2n) is 4.14. The lowest BCUT2D eigenvalue weighted by atomic mass is 10.3. The summed E-state index contributed by atoms with van der Waals surface area (Å²) in [7, 11) is 0. The first kappa shape index (κ1) is 11.9. The van der Waals surface area contributed by atoms with Gasteiger partial charge in [-0.25, -0.2) is 4.98 Å². The van der Waals surface area contributed by atoms with Crippen LogP contribution >= 0.6 is 11.3 Å². The molecule has 96 valence electrons. The fourth-order valence-electron chi connectivity index (χ4n) is 1.77. The molecule has 2 heterocycles. The van der Waals surface area contributed by atoms with E-state index >= 15 is 0 Å². The van der Waals surface area contributed by atoms with E-state index in [9.17, 15) is 4.79 Å². The van der Waals surface area contributed by atoms with E-state index in [0.29, 0.717) is 5.13 Å². The fourth-order valence-corrected chi connectivity index (χ4v) is 2.63. The van der Waals surface area contributed by atoms with Crippen LogP contribution in [0.25, 0.3) is 10.2 Å². The number of fused-ring (bicyclic) bond motifs is 1. The minimum Gasteiger partial charge on any atom is -0.300 e. The molecule has 1 aromatic carbocycles. The van der Waals surface area contributed by atoms with Crippen molar-refractivity contribution < 1.29 is 4.79 Å². The predicted octanol–water partition coefficient (Wildman–Crippen LogP) is 2.69. The molecule has 1 amide bonds. The summed E-state index contributed by atoms with van der Waals surface area (Å²) in [6.45, 7) is 1.80. The van der Waals surface area contributed by atoms with E-state index in [1.807, 2.05) is 24.3 Å². The Morgan fingerprint density at radius 2 is 2.21 bits per heavy atom. The summed E-state index contributed by atoms with van der Waals surface area (Å²) < 4.78 is 2.67. The van der Waals surface area contributed by atoms with Crippen molar-refractivity contribution in [1.29, 1.82) is 0 Å². The van der Waals surface area contributed by atoms with Gasteiger partial charge in [-0.15, -0.1) is 0 Å². The lowest BCUT2D eigenvalue weighted by Crippen LogP contribution is -2.23. The van der Waals surface area contributed by atoms with Crippen LogP contribution in [0.5, 0.6) is 0 Å². The molecule has 0 saturated heterocycles.